The second-order valence-corrected chi connectivity index (χ2v) is 4.50. The van der Waals surface area contributed by atoms with Crippen LogP contribution in [0, 0.1) is 15.9 Å². The number of likely N-dealkylation sites (N-methyl/N-ethyl adjacent to an activating group) is 1. The average Bonchev–Trinajstić information content (AvgIpc) is 2.39. The second kappa shape index (κ2) is 5.36. The summed E-state index contributed by atoms with van der Waals surface area (Å²) in [6, 6.07) is 2.33. The van der Waals surface area contributed by atoms with Gasteiger partial charge in [-0.25, -0.2) is 4.39 Å². The van der Waals surface area contributed by atoms with Crippen LogP contribution < -0.4 is 4.74 Å². The van der Waals surface area contributed by atoms with Gasteiger partial charge in [-0.2, -0.15) is 0 Å². The van der Waals surface area contributed by atoms with E-state index in [9.17, 15) is 14.5 Å². The second-order valence-electron chi connectivity index (χ2n) is 4.50. The first-order chi connectivity index (χ1) is 9.02. The van der Waals surface area contributed by atoms with E-state index >= 15 is 0 Å². The molecule has 0 amide bonds. The molecule has 0 aliphatic carbocycles. The molecule has 19 heavy (non-hydrogen) atoms. The SMILES string of the molecule is COc1cc(C2=CCN(C)CC2)c(F)cc1[N+](=O)[O-]. The molecule has 0 bridgehead atoms. The van der Waals surface area contributed by atoms with Crippen molar-refractivity contribution in [3.63, 3.8) is 0 Å². The fourth-order valence-electron chi connectivity index (χ4n) is 2.11. The van der Waals surface area contributed by atoms with Gasteiger partial charge in [-0.3, -0.25) is 10.1 Å². The first kappa shape index (κ1) is 13.5. The zero-order valence-electron chi connectivity index (χ0n) is 10.9. The van der Waals surface area contributed by atoms with Crippen LogP contribution in [-0.2, 0) is 0 Å². The number of hydrogen-bond acceptors (Lipinski definition) is 4. The molecule has 0 fully saturated rings. The molecule has 1 aromatic carbocycles. The molecule has 0 radical (unpaired) electrons. The molecule has 0 atom stereocenters. The van der Waals surface area contributed by atoms with Gasteiger partial charge in [0.15, 0.2) is 5.75 Å². The highest BCUT2D eigenvalue weighted by Crippen LogP contribution is 2.34. The molecule has 102 valence electrons. The minimum absolute atomic E-state index is 0.0845. The summed E-state index contributed by atoms with van der Waals surface area (Å²) in [6.45, 7) is 1.58. The Balaban J connectivity index is 2.45. The van der Waals surface area contributed by atoms with Crippen LogP contribution in [0.3, 0.4) is 0 Å². The standard InChI is InChI=1S/C13H15FN2O3/c1-15-5-3-9(4-6-15)10-7-13(19-2)12(16(17)18)8-11(10)14/h3,7-8H,4-6H2,1-2H3. The lowest BCUT2D eigenvalue weighted by atomic mass is 9.98. The number of rotatable bonds is 3. The van der Waals surface area contributed by atoms with Gasteiger partial charge in [0.1, 0.15) is 5.82 Å². The molecule has 1 aliphatic rings. The Bertz CT molecular complexity index is 543. The summed E-state index contributed by atoms with van der Waals surface area (Å²) in [7, 11) is 3.33. The number of hydrogen-bond donors (Lipinski definition) is 0. The molecular formula is C13H15FN2O3. The molecule has 1 aliphatic heterocycles. The minimum atomic E-state index is -0.644. The van der Waals surface area contributed by atoms with Gasteiger partial charge < -0.3 is 9.64 Å². The Morgan fingerprint density at radius 2 is 2.21 bits per heavy atom. The van der Waals surface area contributed by atoms with E-state index in [1.54, 1.807) is 0 Å². The molecule has 5 nitrogen and oxygen atoms in total. The Labute approximate surface area is 110 Å². The quantitative estimate of drug-likeness (QED) is 0.623. The van der Waals surface area contributed by atoms with Crippen molar-refractivity contribution in [1.82, 2.24) is 4.90 Å². The number of benzene rings is 1. The molecule has 0 unspecified atom stereocenters. The van der Waals surface area contributed by atoms with Crippen molar-refractivity contribution in [2.75, 3.05) is 27.2 Å². The lowest BCUT2D eigenvalue weighted by Gasteiger charge is -2.22. The van der Waals surface area contributed by atoms with Gasteiger partial charge in [0.2, 0.25) is 0 Å². The van der Waals surface area contributed by atoms with Crippen molar-refractivity contribution in [3.05, 3.63) is 39.7 Å². The summed E-state index contributed by atoms with van der Waals surface area (Å²) >= 11 is 0. The van der Waals surface area contributed by atoms with E-state index in [0.29, 0.717) is 12.0 Å². The molecule has 2 rings (SSSR count). The highest BCUT2D eigenvalue weighted by Gasteiger charge is 2.21. The minimum Gasteiger partial charge on any atom is -0.490 e. The van der Waals surface area contributed by atoms with Crippen LogP contribution in [0.1, 0.15) is 12.0 Å². The van der Waals surface area contributed by atoms with Gasteiger partial charge in [-0.15, -0.1) is 0 Å². The molecule has 1 heterocycles. The zero-order valence-corrected chi connectivity index (χ0v) is 10.9. The summed E-state index contributed by atoms with van der Waals surface area (Å²) < 4.78 is 19.0. The van der Waals surface area contributed by atoms with E-state index in [-0.39, 0.29) is 11.4 Å². The maximum absolute atomic E-state index is 14.0. The summed E-state index contributed by atoms with van der Waals surface area (Å²) in [5.41, 5.74) is 0.900. The van der Waals surface area contributed by atoms with E-state index in [0.717, 1.165) is 24.7 Å². The van der Waals surface area contributed by atoms with Crippen molar-refractivity contribution in [3.8, 4) is 5.75 Å². The van der Waals surface area contributed by atoms with Gasteiger partial charge in [0, 0.05) is 18.7 Å². The number of ether oxygens (including phenoxy) is 1. The summed E-state index contributed by atoms with van der Waals surface area (Å²) in [6.07, 6.45) is 2.65. The van der Waals surface area contributed by atoms with Gasteiger partial charge in [0.25, 0.3) is 0 Å². The largest absolute Gasteiger partial charge is 0.490 e. The molecule has 6 heteroatoms. The molecule has 0 N–H and O–H groups in total. The summed E-state index contributed by atoms with van der Waals surface area (Å²) in [4.78, 5) is 12.3. The molecule has 0 spiro atoms. The number of nitro groups is 1. The van der Waals surface area contributed by atoms with Crippen molar-refractivity contribution >= 4 is 11.3 Å². The maximum Gasteiger partial charge on any atom is 0.313 e. The molecule has 0 aromatic heterocycles. The highest BCUT2D eigenvalue weighted by atomic mass is 19.1. The van der Waals surface area contributed by atoms with E-state index < -0.39 is 10.7 Å². The van der Waals surface area contributed by atoms with Crippen LogP contribution >= 0.6 is 0 Å². The fraction of sp³-hybridized carbons (Fsp3) is 0.385. The number of nitrogens with zero attached hydrogens (tertiary/aromatic N) is 2. The third-order valence-electron chi connectivity index (χ3n) is 3.22. The molecule has 0 saturated carbocycles. The number of nitro benzene ring substituents is 1. The van der Waals surface area contributed by atoms with Gasteiger partial charge in [-0.05, 0) is 25.1 Å². The first-order valence-corrected chi connectivity index (χ1v) is 5.92. The number of halogens is 1. The van der Waals surface area contributed by atoms with Crippen molar-refractivity contribution in [2.45, 2.75) is 6.42 Å². The van der Waals surface area contributed by atoms with E-state index in [1.165, 1.54) is 13.2 Å². The zero-order chi connectivity index (χ0) is 14.0. The average molecular weight is 266 g/mol. The van der Waals surface area contributed by atoms with Crippen LogP contribution in [0.5, 0.6) is 5.75 Å². The monoisotopic (exact) mass is 266 g/mol. The van der Waals surface area contributed by atoms with Gasteiger partial charge >= 0.3 is 5.69 Å². The highest BCUT2D eigenvalue weighted by molar-refractivity contribution is 5.70. The van der Waals surface area contributed by atoms with Crippen LogP contribution in [0.2, 0.25) is 0 Å². The Morgan fingerprint density at radius 3 is 2.74 bits per heavy atom. The Morgan fingerprint density at radius 1 is 1.47 bits per heavy atom. The van der Waals surface area contributed by atoms with Gasteiger partial charge in [0.05, 0.1) is 18.1 Å². The predicted octanol–water partition coefficient (Wildman–Crippen LogP) is 2.46. The van der Waals surface area contributed by atoms with E-state index in [1.807, 2.05) is 13.1 Å². The van der Waals surface area contributed by atoms with E-state index in [2.05, 4.69) is 4.90 Å². The summed E-state index contributed by atoms with van der Waals surface area (Å²) in [5, 5.41) is 10.8. The van der Waals surface area contributed by atoms with E-state index in [4.69, 9.17) is 4.74 Å². The molecular weight excluding hydrogens is 251 g/mol. The third kappa shape index (κ3) is 2.73. The van der Waals surface area contributed by atoms with Crippen LogP contribution in [0.25, 0.3) is 5.57 Å². The van der Waals surface area contributed by atoms with Crippen LogP contribution in [0.4, 0.5) is 10.1 Å². The Kier molecular flexibility index (Phi) is 3.80. The number of methoxy groups -OCH3 is 1. The Hall–Kier alpha value is -1.95. The fourth-order valence-corrected chi connectivity index (χ4v) is 2.11. The smallest absolute Gasteiger partial charge is 0.313 e. The normalized spacial score (nSPS) is 16.1. The van der Waals surface area contributed by atoms with Crippen LogP contribution in [0.15, 0.2) is 18.2 Å². The van der Waals surface area contributed by atoms with Crippen molar-refractivity contribution in [2.24, 2.45) is 0 Å². The third-order valence-corrected chi connectivity index (χ3v) is 3.22. The predicted molar refractivity (Wildman–Crippen MR) is 69.7 cm³/mol. The van der Waals surface area contributed by atoms with Gasteiger partial charge in [-0.1, -0.05) is 6.08 Å². The molecule has 0 saturated heterocycles. The van der Waals surface area contributed by atoms with Crippen molar-refractivity contribution < 1.29 is 14.1 Å². The van der Waals surface area contributed by atoms with Crippen LogP contribution in [-0.4, -0.2) is 37.1 Å². The van der Waals surface area contributed by atoms with Crippen molar-refractivity contribution in [1.29, 1.82) is 0 Å². The molecule has 1 aromatic rings. The maximum atomic E-state index is 14.0. The lowest BCUT2D eigenvalue weighted by molar-refractivity contribution is -0.385. The first-order valence-electron chi connectivity index (χ1n) is 5.92. The summed E-state index contributed by atoms with van der Waals surface area (Å²) in [5.74, 6) is -0.496. The topological polar surface area (TPSA) is 55.6 Å². The lowest BCUT2D eigenvalue weighted by Crippen LogP contribution is -2.23.